The number of carbonyl (C=O) groups is 1. The van der Waals surface area contributed by atoms with Gasteiger partial charge in [-0.2, -0.15) is 4.72 Å². The van der Waals surface area contributed by atoms with E-state index in [1.807, 2.05) is 0 Å². The van der Waals surface area contributed by atoms with Gasteiger partial charge in [-0.05, 0) is 25.1 Å². The van der Waals surface area contributed by atoms with Crippen molar-refractivity contribution in [3.63, 3.8) is 0 Å². The van der Waals surface area contributed by atoms with Crippen LogP contribution in [0.4, 0.5) is 0 Å². The van der Waals surface area contributed by atoms with Gasteiger partial charge in [-0.15, -0.1) is 0 Å². The smallest absolute Gasteiger partial charge is 0.323 e. The summed E-state index contributed by atoms with van der Waals surface area (Å²) in [4.78, 5) is 11.1. The van der Waals surface area contributed by atoms with Gasteiger partial charge in [0.15, 0.2) is 0 Å². The van der Waals surface area contributed by atoms with Crippen LogP contribution in [0, 0.1) is 0 Å². The van der Waals surface area contributed by atoms with E-state index in [2.05, 4.69) is 9.46 Å². The first kappa shape index (κ1) is 14.0. The molecule has 1 N–H and O–H groups in total. The quantitative estimate of drug-likeness (QED) is 0.839. The zero-order chi connectivity index (χ0) is 13.1. The maximum atomic E-state index is 11.8. The highest BCUT2D eigenvalue weighted by molar-refractivity contribution is 7.89. The van der Waals surface area contributed by atoms with E-state index < -0.39 is 22.0 Å². The van der Waals surface area contributed by atoms with Crippen molar-refractivity contribution in [1.29, 1.82) is 0 Å². The number of methoxy groups -OCH3 is 1. The lowest BCUT2D eigenvalue weighted by Crippen LogP contribution is -2.39. The third kappa shape index (κ3) is 3.69. The van der Waals surface area contributed by atoms with Crippen molar-refractivity contribution >= 4 is 27.6 Å². The van der Waals surface area contributed by atoms with Crippen molar-refractivity contribution in [2.24, 2.45) is 0 Å². The predicted molar refractivity (Wildman–Crippen MR) is 63.3 cm³/mol. The Morgan fingerprint density at radius 1 is 1.47 bits per heavy atom. The lowest BCUT2D eigenvalue weighted by Gasteiger charge is -2.12. The Morgan fingerprint density at radius 3 is 2.65 bits per heavy atom. The molecule has 5 nitrogen and oxygen atoms in total. The van der Waals surface area contributed by atoms with Gasteiger partial charge in [0, 0.05) is 5.02 Å². The van der Waals surface area contributed by atoms with Crippen LogP contribution in [0.1, 0.15) is 6.92 Å². The van der Waals surface area contributed by atoms with E-state index in [9.17, 15) is 13.2 Å². The highest BCUT2D eigenvalue weighted by atomic mass is 35.5. The van der Waals surface area contributed by atoms with E-state index in [-0.39, 0.29) is 4.90 Å². The molecule has 0 heterocycles. The molecule has 0 aromatic heterocycles. The molecule has 1 rings (SSSR count). The van der Waals surface area contributed by atoms with Gasteiger partial charge in [-0.1, -0.05) is 17.7 Å². The first-order chi connectivity index (χ1) is 7.86. The summed E-state index contributed by atoms with van der Waals surface area (Å²) in [5, 5.41) is 0.304. The average Bonchev–Trinajstić information content (AvgIpc) is 2.27. The normalized spacial score (nSPS) is 13.1. The maximum Gasteiger partial charge on any atom is 0.323 e. The first-order valence-electron chi connectivity index (χ1n) is 4.72. The Bertz CT molecular complexity index is 515. The zero-order valence-corrected chi connectivity index (χ0v) is 10.9. The second kappa shape index (κ2) is 5.48. The maximum absolute atomic E-state index is 11.8. The van der Waals surface area contributed by atoms with Crippen LogP contribution >= 0.6 is 11.6 Å². The summed E-state index contributed by atoms with van der Waals surface area (Å²) in [7, 11) is -2.59. The summed E-state index contributed by atoms with van der Waals surface area (Å²) in [5.74, 6) is -0.657. The number of rotatable bonds is 4. The third-order valence-electron chi connectivity index (χ3n) is 1.99. The molecular formula is C10H12ClNO4S. The number of esters is 1. The van der Waals surface area contributed by atoms with Crippen molar-refractivity contribution in [1.82, 2.24) is 4.72 Å². The third-order valence-corrected chi connectivity index (χ3v) is 3.77. The number of hydrogen-bond acceptors (Lipinski definition) is 4. The number of carbonyl (C=O) groups excluding carboxylic acids is 1. The van der Waals surface area contributed by atoms with Crippen LogP contribution in [0.15, 0.2) is 29.2 Å². The SMILES string of the molecule is COC(=O)C(C)NS(=O)(=O)c1cccc(Cl)c1. The fourth-order valence-electron chi connectivity index (χ4n) is 1.16. The summed E-state index contributed by atoms with van der Waals surface area (Å²) in [5.41, 5.74) is 0. The highest BCUT2D eigenvalue weighted by Crippen LogP contribution is 2.15. The highest BCUT2D eigenvalue weighted by Gasteiger charge is 2.22. The number of sulfonamides is 1. The van der Waals surface area contributed by atoms with Crippen LogP contribution in [-0.2, 0) is 19.6 Å². The molecule has 0 spiro atoms. The fourth-order valence-corrected chi connectivity index (χ4v) is 2.65. The van der Waals surface area contributed by atoms with Crippen molar-refractivity contribution in [2.75, 3.05) is 7.11 Å². The molecule has 94 valence electrons. The molecule has 17 heavy (non-hydrogen) atoms. The number of halogens is 1. The average molecular weight is 278 g/mol. The number of ether oxygens (including phenoxy) is 1. The lowest BCUT2D eigenvalue weighted by atomic mass is 10.4. The molecule has 0 aliphatic heterocycles. The Kier molecular flexibility index (Phi) is 4.50. The fraction of sp³-hybridized carbons (Fsp3) is 0.300. The minimum absolute atomic E-state index is 0.000697. The molecule has 0 bridgehead atoms. The summed E-state index contributed by atoms with van der Waals surface area (Å²) in [6, 6.07) is 4.81. The Hall–Kier alpha value is -1.11. The van der Waals surface area contributed by atoms with Crippen LogP contribution in [0.25, 0.3) is 0 Å². The minimum Gasteiger partial charge on any atom is -0.468 e. The Balaban J connectivity index is 2.93. The van der Waals surface area contributed by atoms with Crippen LogP contribution < -0.4 is 4.72 Å². The molecule has 0 fully saturated rings. The van der Waals surface area contributed by atoms with Gasteiger partial charge in [0.2, 0.25) is 10.0 Å². The van der Waals surface area contributed by atoms with E-state index in [0.29, 0.717) is 5.02 Å². The number of hydrogen-bond donors (Lipinski definition) is 1. The molecule has 1 aromatic rings. The Labute approximate surface area is 105 Å². The van der Waals surface area contributed by atoms with Gasteiger partial charge < -0.3 is 4.74 Å². The first-order valence-corrected chi connectivity index (χ1v) is 6.58. The van der Waals surface area contributed by atoms with Crippen LogP contribution in [0.2, 0.25) is 5.02 Å². The minimum atomic E-state index is -3.77. The molecule has 0 aliphatic carbocycles. The molecule has 1 atom stereocenters. The number of nitrogens with one attached hydrogen (secondary N) is 1. The molecule has 0 saturated carbocycles. The van der Waals surface area contributed by atoms with Crippen molar-refractivity contribution in [3.8, 4) is 0 Å². The predicted octanol–water partition coefficient (Wildman–Crippen LogP) is 1.18. The van der Waals surface area contributed by atoms with Gasteiger partial charge in [-0.3, -0.25) is 4.79 Å². The largest absolute Gasteiger partial charge is 0.468 e. The summed E-state index contributed by atoms with van der Waals surface area (Å²) < 4.78 is 30.3. The van der Waals surface area contributed by atoms with E-state index in [0.717, 1.165) is 0 Å². The van der Waals surface area contributed by atoms with Gasteiger partial charge in [0.1, 0.15) is 6.04 Å². The molecule has 0 saturated heterocycles. The summed E-state index contributed by atoms with van der Waals surface area (Å²) in [6.07, 6.45) is 0. The van der Waals surface area contributed by atoms with Crippen LogP contribution in [-0.4, -0.2) is 27.5 Å². The zero-order valence-electron chi connectivity index (χ0n) is 9.31. The van der Waals surface area contributed by atoms with Crippen molar-refractivity contribution < 1.29 is 17.9 Å². The number of benzene rings is 1. The molecule has 0 amide bonds. The molecule has 1 unspecified atom stereocenters. The van der Waals surface area contributed by atoms with E-state index in [1.165, 1.54) is 32.2 Å². The van der Waals surface area contributed by atoms with E-state index in [4.69, 9.17) is 11.6 Å². The van der Waals surface area contributed by atoms with Gasteiger partial charge >= 0.3 is 5.97 Å². The molecule has 0 aliphatic rings. The second-order valence-corrected chi connectivity index (χ2v) is 5.47. The van der Waals surface area contributed by atoms with Gasteiger partial charge in [0.05, 0.1) is 12.0 Å². The molecular weight excluding hydrogens is 266 g/mol. The standard InChI is InChI=1S/C10H12ClNO4S/c1-7(10(13)16-2)12-17(14,15)9-5-3-4-8(11)6-9/h3-7,12H,1-2H3. The molecule has 7 heteroatoms. The van der Waals surface area contributed by atoms with Gasteiger partial charge in [0.25, 0.3) is 0 Å². The van der Waals surface area contributed by atoms with E-state index >= 15 is 0 Å². The Morgan fingerprint density at radius 2 is 2.12 bits per heavy atom. The van der Waals surface area contributed by atoms with Crippen molar-refractivity contribution in [2.45, 2.75) is 17.9 Å². The second-order valence-electron chi connectivity index (χ2n) is 3.32. The van der Waals surface area contributed by atoms with Crippen molar-refractivity contribution in [3.05, 3.63) is 29.3 Å². The van der Waals surface area contributed by atoms with Crippen LogP contribution in [0.3, 0.4) is 0 Å². The van der Waals surface area contributed by atoms with Gasteiger partial charge in [-0.25, -0.2) is 8.42 Å². The molecule has 0 radical (unpaired) electrons. The topological polar surface area (TPSA) is 72.5 Å². The summed E-state index contributed by atoms with van der Waals surface area (Å²) in [6.45, 7) is 1.40. The summed E-state index contributed by atoms with van der Waals surface area (Å²) >= 11 is 5.69. The van der Waals surface area contributed by atoms with E-state index in [1.54, 1.807) is 6.07 Å². The van der Waals surface area contributed by atoms with Crippen LogP contribution in [0.5, 0.6) is 0 Å². The molecule has 1 aromatic carbocycles. The monoisotopic (exact) mass is 277 g/mol. The lowest BCUT2D eigenvalue weighted by molar-refractivity contribution is -0.142.